The highest BCUT2D eigenvalue weighted by Gasteiger charge is 2.47. The fraction of sp³-hybridized carbons (Fsp3) is 0.588. The molecule has 3 rings (SSSR count). The Balaban J connectivity index is 1.54. The van der Waals surface area contributed by atoms with Crippen molar-refractivity contribution in [2.24, 2.45) is 5.92 Å². The number of carbonyl (C=O) groups excluding carboxylic acids is 1. The Hall–Kier alpha value is -1.67. The van der Waals surface area contributed by atoms with Crippen molar-refractivity contribution >= 4 is 5.91 Å². The molecule has 25 heavy (non-hydrogen) atoms. The summed E-state index contributed by atoms with van der Waals surface area (Å²) in [6.45, 7) is 1.20. The Morgan fingerprint density at radius 2 is 1.88 bits per heavy atom. The summed E-state index contributed by atoms with van der Waals surface area (Å²) in [7, 11) is 0. The highest BCUT2D eigenvalue weighted by molar-refractivity contribution is 5.82. The van der Waals surface area contributed by atoms with Crippen molar-refractivity contribution in [2.75, 3.05) is 32.7 Å². The summed E-state index contributed by atoms with van der Waals surface area (Å²) in [4.78, 5) is 13.5. The van der Waals surface area contributed by atoms with Crippen molar-refractivity contribution in [1.29, 1.82) is 0 Å². The zero-order valence-corrected chi connectivity index (χ0v) is 13.7. The number of alkyl halides is 3. The molecular weight excluding hydrogens is 338 g/mol. The number of carbonyl (C=O) groups is 1. The molecule has 0 radical (unpaired) electrons. The van der Waals surface area contributed by atoms with Gasteiger partial charge in [0.15, 0.2) is 0 Å². The maximum absolute atomic E-state index is 13.3. The highest BCUT2D eigenvalue weighted by Crippen LogP contribution is 2.47. The highest BCUT2D eigenvalue weighted by atomic mass is 19.4. The van der Waals surface area contributed by atoms with Crippen LogP contribution in [0.25, 0.3) is 0 Å². The van der Waals surface area contributed by atoms with Crippen LogP contribution >= 0.6 is 0 Å². The number of nitrogens with zero attached hydrogens (tertiary/aromatic N) is 1. The monoisotopic (exact) mass is 359 g/mol. The minimum absolute atomic E-state index is 0.0378. The Bertz CT molecular complexity index is 599. The molecule has 1 heterocycles. The van der Waals surface area contributed by atoms with Crippen molar-refractivity contribution in [3.8, 4) is 0 Å². The van der Waals surface area contributed by atoms with E-state index in [4.69, 9.17) is 0 Å². The van der Waals surface area contributed by atoms with E-state index in [-0.39, 0.29) is 23.6 Å². The number of benzene rings is 1. The SMILES string of the molecule is O=C(NCC(N1CCNCC1)C(F)(F)F)C1CC1c1ccc(F)cc1. The Labute approximate surface area is 143 Å². The predicted octanol–water partition coefficient (Wildman–Crippen LogP) is 1.88. The molecule has 3 atom stereocenters. The van der Waals surface area contributed by atoms with Gasteiger partial charge in [-0.2, -0.15) is 13.2 Å². The number of halogens is 4. The number of nitrogens with one attached hydrogen (secondary N) is 2. The molecule has 0 aromatic heterocycles. The van der Waals surface area contributed by atoms with E-state index < -0.39 is 18.8 Å². The second-order valence-electron chi connectivity index (χ2n) is 6.59. The van der Waals surface area contributed by atoms with Crippen LogP contribution in [0, 0.1) is 11.7 Å². The standard InChI is InChI=1S/C17H21F4N3O/c18-12-3-1-11(2-4-12)13-9-14(13)16(25)23-10-15(17(19,20)21)24-7-5-22-6-8-24/h1-4,13-15,22H,5-10H2,(H,23,25). The van der Waals surface area contributed by atoms with Gasteiger partial charge in [-0.25, -0.2) is 4.39 Å². The van der Waals surface area contributed by atoms with Crippen LogP contribution in [-0.2, 0) is 4.79 Å². The average Bonchev–Trinajstić information content (AvgIpc) is 3.36. The molecular formula is C17H21F4N3O. The summed E-state index contributed by atoms with van der Waals surface area (Å²) >= 11 is 0. The number of hydrogen-bond donors (Lipinski definition) is 2. The van der Waals surface area contributed by atoms with Gasteiger partial charge in [0.1, 0.15) is 11.9 Å². The molecule has 1 aliphatic heterocycles. The summed E-state index contributed by atoms with van der Waals surface area (Å²) < 4.78 is 52.8. The van der Waals surface area contributed by atoms with E-state index in [9.17, 15) is 22.4 Å². The largest absolute Gasteiger partial charge is 0.405 e. The van der Waals surface area contributed by atoms with Crippen LogP contribution in [0.2, 0.25) is 0 Å². The molecule has 4 nitrogen and oxygen atoms in total. The summed E-state index contributed by atoms with van der Waals surface area (Å²) in [6.07, 6.45) is -3.80. The van der Waals surface area contributed by atoms with Crippen molar-refractivity contribution in [1.82, 2.24) is 15.5 Å². The van der Waals surface area contributed by atoms with Gasteiger partial charge in [0.25, 0.3) is 0 Å². The number of amides is 1. The van der Waals surface area contributed by atoms with Crippen LogP contribution in [-0.4, -0.2) is 55.7 Å². The van der Waals surface area contributed by atoms with Crippen molar-refractivity contribution in [3.05, 3.63) is 35.6 Å². The minimum atomic E-state index is -4.38. The molecule has 1 aromatic rings. The first-order chi connectivity index (χ1) is 11.9. The van der Waals surface area contributed by atoms with Crippen LogP contribution in [0.15, 0.2) is 24.3 Å². The normalized spacial score (nSPS) is 25.4. The molecule has 1 amide bonds. The van der Waals surface area contributed by atoms with Gasteiger partial charge in [-0.3, -0.25) is 9.69 Å². The maximum atomic E-state index is 13.3. The first kappa shape index (κ1) is 18.1. The third-order valence-electron chi connectivity index (χ3n) is 4.87. The Morgan fingerprint density at radius 3 is 2.48 bits per heavy atom. The third kappa shape index (κ3) is 4.49. The molecule has 1 aliphatic carbocycles. The van der Waals surface area contributed by atoms with Gasteiger partial charge in [0, 0.05) is 38.6 Å². The molecule has 2 aliphatic rings. The van der Waals surface area contributed by atoms with E-state index >= 15 is 0 Å². The molecule has 8 heteroatoms. The summed E-state index contributed by atoms with van der Waals surface area (Å²) in [6, 6.07) is 4.22. The quantitative estimate of drug-likeness (QED) is 0.789. The Morgan fingerprint density at radius 1 is 1.24 bits per heavy atom. The molecule has 0 bridgehead atoms. The molecule has 138 valence electrons. The van der Waals surface area contributed by atoms with E-state index in [0.29, 0.717) is 32.6 Å². The van der Waals surface area contributed by atoms with Crippen LogP contribution in [0.3, 0.4) is 0 Å². The van der Waals surface area contributed by atoms with Crippen molar-refractivity contribution < 1.29 is 22.4 Å². The first-order valence-corrected chi connectivity index (χ1v) is 8.41. The van der Waals surface area contributed by atoms with Gasteiger partial charge in [0.2, 0.25) is 5.91 Å². The zero-order valence-electron chi connectivity index (χ0n) is 13.7. The lowest BCUT2D eigenvalue weighted by Crippen LogP contribution is -2.57. The van der Waals surface area contributed by atoms with Crippen molar-refractivity contribution in [2.45, 2.75) is 24.6 Å². The fourth-order valence-electron chi connectivity index (χ4n) is 3.34. The molecule has 0 spiro atoms. The molecule has 3 unspecified atom stereocenters. The Kier molecular flexibility index (Phi) is 5.29. The summed E-state index contributed by atoms with van der Waals surface area (Å²) in [5, 5.41) is 5.48. The molecule has 1 aromatic carbocycles. The van der Waals surface area contributed by atoms with E-state index in [1.54, 1.807) is 12.1 Å². The zero-order chi connectivity index (χ0) is 18.0. The number of hydrogen-bond acceptors (Lipinski definition) is 3. The fourth-order valence-corrected chi connectivity index (χ4v) is 3.34. The van der Waals surface area contributed by atoms with Gasteiger partial charge in [0.05, 0.1) is 0 Å². The number of rotatable bonds is 5. The van der Waals surface area contributed by atoms with Gasteiger partial charge >= 0.3 is 6.18 Å². The summed E-state index contributed by atoms with van der Waals surface area (Å²) in [5.41, 5.74) is 0.844. The molecule has 2 fully saturated rings. The van der Waals surface area contributed by atoms with Crippen LogP contribution in [0.4, 0.5) is 17.6 Å². The van der Waals surface area contributed by atoms with Gasteiger partial charge in [-0.15, -0.1) is 0 Å². The molecule has 1 saturated carbocycles. The van der Waals surface area contributed by atoms with Crippen molar-refractivity contribution in [3.63, 3.8) is 0 Å². The maximum Gasteiger partial charge on any atom is 0.405 e. The van der Waals surface area contributed by atoms with E-state index in [0.717, 1.165) is 5.56 Å². The van der Waals surface area contributed by atoms with Gasteiger partial charge in [-0.1, -0.05) is 12.1 Å². The van der Waals surface area contributed by atoms with E-state index in [2.05, 4.69) is 10.6 Å². The van der Waals surface area contributed by atoms with Crippen LogP contribution in [0.5, 0.6) is 0 Å². The predicted molar refractivity (Wildman–Crippen MR) is 84.5 cm³/mol. The average molecular weight is 359 g/mol. The lowest BCUT2D eigenvalue weighted by molar-refractivity contribution is -0.184. The lowest BCUT2D eigenvalue weighted by Gasteiger charge is -2.35. The van der Waals surface area contributed by atoms with Crippen LogP contribution in [0.1, 0.15) is 17.9 Å². The van der Waals surface area contributed by atoms with Gasteiger partial charge in [-0.05, 0) is 30.0 Å². The van der Waals surface area contributed by atoms with Crippen LogP contribution < -0.4 is 10.6 Å². The first-order valence-electron chi connectivity index (χ1n) is 8.41. The third-order valence-corrected chi connectivity index (χ3v) is 4.87. The minimum Gasteiger partial charge on any atom is -0.354 e. The topological polar surface area (TPSA) is 44.4 Å². The lowest BCUT2D eigenvalue weighted by atomic mass is 10.1. The van der Waals surface area contributed by atoms with Gasteiger partial charge < -0.3 is 10.6 Å². The second kappa shape index (κ2) is 7.29. The molecule has 1 saturated heterocycles. The summed E-state index contributed by atoms with van der Waals surface area (Å²) in [5.74, 6) is -1.08. The molecule has 2 N–H and O–H groups in total. The van der Waals surface area contributed by atoms with E-state index in [1.165, 1.54) is 17.0 Å². The second-order valence-corrected chi connectivity index (χ2v) is 6.59. The number of piperazine rings is 1. The smallest absolute Gasteiger partial charge is 0.354 e. The van der Waals surface area contributed by atoms with E-state index in [1.807, 2.05) is 0 Å².